The Balaban J connectivity index is 1.17. The summed E-state index contributed by atoms with van der Waals surface area (Å²) >= 11 is 8.51. The quantitative estimate of drug-likeness (QED) is 0.366. The van der Waals surface area contributed by atoms with E-state index in [9.17, 15) is 18.0 Å². The fraction of sp³-hybridized carbons (Fsp3) is 0.781. The molecule has 1 aromatic rings. The Morgan fingerprint density at radius 2 is 1.95 bits per heavy atom. The smallest absolute Gasteiger partial charge is 0.257 e. The van der Waals surface area contributed by atoms with Crippen LogP contribution >= 0.6 is 23.4 Å². The van der Waals surface area contributed by atoms with E-state index in [2.05, 4.69) is 26.8 Å². The van der Waals surface area contributed by atoms with Crippen LogP contribution in [0.5, 0.6) is 0 Å². The molecule has 0 radical (unpaired) electrons. The van der Waals surface area contributed by atoms with Crippen molar-refractivity contribution in [2.75, 3.05) is 31.6 Å². The lowest BCUT2D eigenvalue weighted by molar-refractivity contribution is -0.123. The van der Waals surface area contributed by atoms with Gasteiger partial charge < -0.3 is 10.2 Å². The summed E-state index contributed by atoms with van der Waals surface area (Å²) in [6, 6.07) is 0.367. The molecule has 0 bridgehead atoms. The predicted octanol–water partition coefficient (Wildman–Crippen LogP) is 2.71. The van der Waals surface area contributed by atoms with Crippen LogP contribution in [0.1, 0.15) is 68.4 Å². The lowest BCUT2D eigenvalue weighted by Gasteiger charge is -2.44. The standard InChI is InChI=1S/C32H46ClN5O4S2/c1-20-35-28-11-10-23(37-14-4-3-5-15-37)18-26(28)32(40)38(20)16-6-7-21-8-9-22(33)17-25(21)24-12-13-34-29-27(19-43-30(24)29)31(39)36-44(2,41)42/h21-25,27,29-30,34H,3-5,8-19H2,1-2H3,(H,36,39)/t21?,22?,23-,24?,25?,27?,29?,30?/m0/s1. The summed E-state index contributed by atoms with van der Waals surface area (Å²) < 4.78 is 27.4. The second kappa shape index (κ2) is 13.6. The minimum absolute atomic E-state index is 0.0682. The number of likely N-dealkylation sites (tertiary alicyclic amines) is 1. The summed E-state index contributed by atoms with van der Waals surface area (Å²) in [5.74, 6) is 8.31. The maximum atomic E-state index is 13.7. The number of carbonyl (C=O) groups excluding carboxylic acids is 1. The highest BCUT2D eigenvalue weighted by Gasteiger charge is 2.50. The largest absolute Gasteiger partial charge is 0.312 e. The molecule has 3 saturated heterocycles. The number of aromatic nitrogens is 2. The van der Waals surface area contributed by atoms with Crippen molar-refractivity contribution in [2.45, 2.75) is 100 Å². The number of piperidine rings is 2. The van der Waals surface area contributed by atoms with Gasteiger partial charge >= 0.3 is 0 Å². The Morgan fingerprint density at radius 3 is 2.73 bits per heavy atom. The molecule has 0 spiro atoms. The van der Waals surface area contributed by atoms with Crippen LogP contribution in [0.3, 0.4) is 0 Å². The predicted molar refractivity (Wildman–Crippen MR) is 175 cm³/mol. The molecule has 7 unspecified atom stereocenters. The maximum absolute atomic E-state index is 13.7. The first-order valence-electron chi connectivity index (χ1n) is 16.4. The molecule has 0 aromatic carbocycles. The summed E-state index contributed by atoms with van der Waals surface area (Å²) in [6.07, 6.45) is 11.3. The van der Waals surface area contributed by atoms with Gasteiger partial charge in [-0.05, 0) is 96.2 Å². The number of nitrogens with one attached hydrogen (secondary N) is 2. The maximum Gasteiger partial charge on any atom is 0.257 e. The van der Waals surface area contributed by atoms with Gasteiger partial charge in [-0.15, -0.1) is 11.6 Å². The van der Waals surface area contributed by atoms with Crippen molar-refractivity contribution >= 4 is 39.3 Å². The zero-order valence-corrected chi connectivity index (χ0v) is 28.3. The molecule has 1 saturated carbocycles. The average molecular weight is 664 g/mol. The zero-order valence-electron chi connectivity index (χ0n) is 25.9. The van der Waals surface area contributed by atoms with E-state index >= 15 is 0 Å². The molecule has 2 aliphatic carbocycles. The van der Waals surface area contributed by atoms with Crippen molar-refractivity contribution in [3.63, 3.8) is 0 Å². The number of thioether (sulfide) groups is 1. The Morgan fingerprint density at radius 1 is 1.16 bits per heavy atom. The number of nitrogens with zero attached hydrogens (tertiary/aromatic N) is 3. The van der Waals surface area contributed by atoms with Crippen LogP contribution in [0.15, 0.2) is 4.79 Å². The highest BCUT2D eigenvalue weighted by Crippen LogP contribution is 2.48. The van der Waals surface area contributed by atoms with Gasteiger partial charge in [-0.3, -0.25) is 18.9 Å². The molecular weight excluding hydrogens is 618 g/mol. The van der Waals surface area contributed by atoms with Crippen molar-refractivity contribution in [2.24, 2.45) is 23.7 Å². The molecule has 9 nitrogen and oxygen atoms in total. The first kappa shape index (κ1) is 32.4. The Hall–Kier alpha value is -1.58. The number of sulfonamides is 1. The molecule has 6 rings (SSSR count). The van der Waals surface area contributed by atoms with Crippen LogP contribution < -0.4 is 15.6 Å². The molecule has 8 atom stereocenters. The van der Waals surface area contributed by atoms with Crippen molar-refractivity contribution in [3.05, 3.63) is 27.4 Å². The third-order valence-electron chi connectivity index (χ3n) is 10.7. The second-order valence-electron chi connectivity index (χ2n) is 13.5. The second-order valence-corrected chi connectivity index (χ2v) is 17.1. The summed E-state index contributed by atoms with van der Waals surface area (Å²) in [6.45, 7) is 5.32. The topological polar surface area (TPSA) is 113 Å². The van der Waals surface area contributed by atoms with E-state index in [1.807, 2.05) is 6.92 Å². The summed E-state index contributed by atoms with van der Waals surface area (Å²) in [5.41, 5.74) is 1.93. The number of halogens is 1. The number of aryl methyl sites for hydroxylation is 2. The number of rotatable bonds is 5. The number of hydrogen-bond acceptors (Lipinski definition) is 8. The van der Waals surface area contributed by atoms with Gasteiger partial charge in [0.05, 0.1) is 24.4 Å². The van der Waals surface area contributed by atoms with E-state index in [4.69, 9.17) is 16.6 Å². The molecule has 242 valence electrons. The molecule has 2 N–H and O–H groups in total. The summed E-state index contributed by atoms with van der Waals surface area (Å²) in [4.78, 5) is 34.0. The highest BCUT2D eigenvalue weighted by atomic mass is 35.5. The highest BCUT2D eigenvalue weighted by molar-refractivity contribution is 8.00. The van der Waals surface area contributed by atoms with Gasteiger partial charge in [0.25, 0.3) is 5.56 Å². The number of hydrogen-bond donors (Lipinski definition) is 2. The Labute approximate surface area is 271 Å². The summed E-state index contributed by atoms with van der Waals surface area (Å²) in [5, 5.41) is 3.83. The van der Waals surface area contributed by atoms with Crippen molar-refractivity contribution < 1.29 is 13.2 Å². The molecule has 4 fully saturated rings. The molecule has 1 amide bonds. The average Bonchev–Trinajstić information content (AvgIpc) is 3.44. The monoisotopic (exact) mass is 663 g/mol. The number of carbonyl (C=O) groups is 1. The van der Waals surface area contributed by atoms with Crippen molar-refractivity contribution in [3.8, 4) is 11.8 Å². The van der Waals surface area contributed by atoms with Gasteiger partial charge in [0.1, 0.15) is 5.82 Å². The van der Waals surface area contributed by atoms with Crippen LogP contribution in [0.2, 0.25) is 0 Å². The number of fused-ring (bicyclic) bond motifs is 2. The fourth-order valence-electron chi connectivity index (χ4n) is 8.49. The van der Waals surface area contributed by atoms with Crippen LogP contribution in [0.4, 0.5) is 0 Å². The van der Waals surface area contributed by atoms with E-state index in [0.717, 1.165) is 87.9 Å². The summed E-state index contributed by atoms with van der Waals surface area (Å²) in [7, 11) is -3.60. The molecule has 5 aliphatic rings. The van der Waals surface area contributed by atoms with Gasteiger partial charge in [-0.25, -0.2) is 13.4 Å². The van der Waals surface area contributed by atoms with E-state index in [-0.39, 0.29) is 34.1 Å². The van der Waals surface area contributed by atoms with Gasteiger partial charge in [0.2, 0.25) is 15.9 Å². The minimum Gasteiger partial charge on any atom is -0.312 e. The molecule has 12 heteroatoms. The van der Waals surface area contributed by atoms with Crippen LogP contribution in [-0.4, -0.2) is 83.1 Å². The molecule has 3 aliphatic heterocycles. The Bertz CT molecular complexity index is 1470. The van der Waals surface area contributed by atoms with Crippen molar-refractivity contribution in [1.82, 2.24) is 24.5 Å². The van der Waals surface area contributed by atoms with E-state index in [1.165, 1.54) is 19.3 Å². The van der Waals surface area contributed by atoms with E-state index in [0.29, 0.717) is 30.2 Å². The van der Waals surface area contributed by atoms with Gasteiger partial charge in [-0.1, -0.05) is 18.3 Å². The first-order chi connectivity index (χ1) is 21.1. The molecule has 1 aromatic heterocycles. The molecular formula is C32H46ClN5O4S2. The minimum atomic E-state index is -3.60. The lowest BCUT2D eigenvalue weighted by atomic mass is 9.67. The molecule has 44 heavy (non-hydrogen) atoms. The third-order valence-corrected chi connectivity index (χ3v) is 13.2. The number of amides is 1. The van der Waals surface area contributed by atoms with Gasteiger partial charge in [-0.2, -0.15) is 11.8 Å². The van der Waals surface area contributed by atoms with Crippen molar-refractivity contribution in [1.29, 1.82) is 0 Å². The number of alkyl halides is 1. The van der Waals surface area contributed by atoms with E-state index in [1.54, 1.807) is 16.3 Å². The van der Waals surface area contributed by atoms with Crippen LogP contribution in [0, 0.1) is 42.4 Å². The Kier molecular flexibility index (Phi) is 10.0. The third kappa shape index (κ3) is 7.05. The van der Waals surface area contributed by atoms with Crippen LogP contribution in [-0.2, 0) is 34.2 Å². The first-order valence-corrected chi connectivity index (χ1v) is 19.8. The fourth-order valence-corrected chi connectivity index (χ4v) is 11.2. The SMILES string of the molecule is Cc1nc2c(c(=O)n1CC#CC1CCC(Cl)CC1C1CCNC3C(C(=O)NS(C)(=O)=O)CSC13)C[C@@H](N1CCCCC1)CC2. The zero-order chi connectivity index (χ0) is 31.0. The lowest BCUT2D eigenvalue weighted by Crippen LogP contribution is -2.55. The van der Waals surface area contributed by atoms with E-state index < -0.39 is 15.9 Å². The van der Waals surface area contributed by atoms with Gasteiger partial charge in [0, 0.05) is 39.9 Å². The molecule has 4 heterocycles. The normalized spacial score (nSPS) is 34.3. The van der Waals surface area contributed by atoms with Gasteiger partial charge in [0.15, 0.2) is 0 Å². The van der Waals surface area contributed by atoms with Crippen LogP contribution in [0.25, 0.3) is 0 Å².